The third-order valence-electron chi connectivity index (χ3n) is 15.6. The van der Waals surface area contributed by atoms with Gasteiger partial charge in [-0.05, 0) is 118 Å². The molecular weight excluding hydrogens is 700 g/mol. The predicted molar refractivity (Wildman–Crippen MR) is 196 cm³/mol. The van der Waals surface area contributed by atoms with Gasteiger partial charge in [-0.3, -0.25) is 0 Å². The van der Waals surface area contributed by atoms with E-state index in [1.807, 2.05) is 0 Å². The lowest BCUT2D eigenvalue weighted by molar-refractivity contribution is -0.373. The molecule has 0 aromatic rings. The molecule has 6 aliphatic rings. The van der Waals surface area contributed by atoms with Crippen LogP contribution in [0.15, 0.2) is 11.6 Å². The molecule has 0 amide bonds. The highest BCUT2D eigenvalue weighted by Gasteiger charge is 2.64. The molecule has 0 spiro atoms. The van der Waals surface area contributed by atoms with Gasteiger partial charge in [-0.15, -0.1) is 0 Å². The van der Waals surface area contributed by atoms with Crippen molar-refractivity contribution in [3.63, 3.8) is 0 Å². The Hall–Kier alpha value is -0.780. The van der Waals surface area contributed by atoms with Gasteiger partial charge >= 0.3 is 0 Å². The van der Waals surface area contributed by atoms with E-state index in [1.165, 1.54) is 5.57 Å². The third kappa shape index (κ3) is 7.62. The van der Waals surface area contributed by atoms with Crippen LogP contribution in [-0.4, -0.2) is 139 Å². The maximum absolute atomic E-state index is 11.7. The molecule has 9 N–H and O–H groups in total. The van der Waals surface area contributed by atoms with Crippen molar-refractivity contribution in [2.45, 2.75) is 172 Å². The number of rotatable bonds is 12. The van der Waals surface area contributed by atoms with E-state index >= 15 is 0 Å². The van der Waals surface area contributed by atoms with Gasteiger partial charge in [0.1, 0.15) is 48.8 Å². The summed E-state index contributed by atoms with van der Waals surface area (Å²) in [6.45, 7) is 10.1. The Labute approximate surface area is 320 Å². The molecule has 6 fully saturated rings. The largest absolute Gasteiger partial charge is 0.396 e. The molecule has 312 valence electrons. The molecular formula is C41H70O13. The van der Waals surface area contributed by atoms with Gasteiger partial charge in [-0.1, -0.05) is 39.3 Å². The van der Waals surface area contributed by atoms with E-state index in [1.54, 1.807) is 0 Å². The van der Waals surface area contributed by atoms with Crippen LogP contribution in [0.4, 0.5) is 0 Å². The number of ether oxygens (including phenoxy) is 4. The quantitative estimate of drug-likeness (QED) is 0.102. The first kappa shape index (κ1) is 42.8. The van der Waals surface area contributed by atoms with Gasteiger partial charge < -0.3 is 64.9 Å². The Morgan fingerprint density at radius 1 is 0.759 bits per heavy atom. The van der Waals surface area contributed by atoms with Crippen LogP contribution in [-0.2, 0) is 18.9 Å². The smallest absolute Gasteiger partial charge is 0.187 e. The van der Waals surface area contributed by atoms with Gasteiger partial charge in [0.2, 0.25) is 0 Å². The number of hydrogen-bond acceptors (Lipinski definition) is 13. The summed E-state index contributed by atoms with van der Waals surface area (Å²) in [5.74, 6) is 2.40. The van der Waals surface area contributed by atoms with Crippen LogP contribution in [0, 0.1) is 52.3 Å². The van der Waals surface area contributed by atoms with E-state index in [9.17, 15) is 46.0 Å². The molecule has 20 atom stereocenters. The van der Waals surface area contributed by atoms with Crippen LogP contribution < -0.4 is 0 Å². The van der Waals surface area contributed by atoms with Gasteiger partial charge in [0.05, 0.1) is 25.4 Å². The molecule has 2 saturated heterocycles. The number of aliphatic hydroxyl groups excluding tert-OH is 9. The average Bonchev–Trinajstić information content (AvgIpc) is 3.46. The first-order chi connectivity index (χ1) is 25.6. The topological polar surface area (TPSA) is 219 Å². The summed E-state index contributed by atoms with van der Waals surface area (Å²) in [6, 6.07) is 0. The van der Waals surface area contributed by atoms with Crippen molar-refractivity contribution in [1.29, 1.82) is 0 Å². The zero-order valence-electron chi connectivity index (χ0n) is 32.9. The first-order valence-electron chi connectivity index (χ1n) is 20.8. The molecule has 0 radical (unpaired) electrons. The van der Waals surface area contributed by atoms with Crippen LogP contribution in [0.25, 0.3) is 0 Å². The second-order valence-corrected chi connectivity index (χ2v) is 18.5. The maximum Gasteiger partial charge on any atom is 0.187 e. The number of allylic oxidation sites excluding steroid dienone is 2. The van der Waals surface area contributed by atoms with Crippen molar-refractivity contribution in [3.8, 4) is 0 Å². The Morgan fingerprint density at radius 3 is 2.06 bits per heavy atom. The summed E-state index contributed by atoms with van der Waals surface area (Å²) in [6.07, 6.45) is -4.24. The van der Waals surface area contributed by atoms with E-state index in [0.29, 0.717) is 36.0 Å². The zero-order chi connectivity index (χ0) is 39.3. The number of hydrogen-bond donors (Lipinski definition) is 9. The standard InChI is InChI=1S/C41H70O13/c1-6-22(20(2)3)8-7-21(4)31-28(45)16-27-25-10-9-23-15-24(11-13-40(23,5)26(25)12-14-41(27,31)19-44)51-39-37(35(49)33(47)30(18-43)53-39)54-38-36(50)34(48)32(46)29(17-42)52-38/h6,20-21,23-39,42-50H,7-19H2,1-5H3. The lowest BCUT2D eigenvalue weighted by Crippen LogP contribution is -2.65. The van der Waals surface area contributed by atoms with Crippen LogP contribution in [0.2, 0.25) is 0 Å². The summed E-state index contributed by atoms with van der Waals surface area (Å²) in [5, 5.41) is 95.5. The highest BCUT2D eigenvalue weighted by molar-refractivity contribution is 5.14. The van der Waals surface area contributed by atoms with Crippen LogP contribution in [0.5, 0.6) is 0 Å². The van der Waals surface area contributed by atoms with E-state index in [2.05, 4.69) is 40.7 Å². The normalized spacial score (nSPS) is 50.4. The average molecular weight is 771 g/mol. The highest BCUT2D eigenvalue weighted by Crippen LogP contribution is 2.68. The number of aliphatic hydroxyl groups is 9. The Morgan fingerprint density at radius 2 is 1.43 bits per heavy atom. The minimum absolute atomic E-state index is 0.0418. The fourth-order valence-corrected chi connectivity index (χ4v) is 12.6. The van der Waals surface area contributed by atoms with Gasteiger partial charge in [-0.2, -0.15) is 0 Å². The van der Waals surface area contributed by atoms with Crippen molar-refractivity contribution in [1.82, 2.24) is 0 Å². The van der Waals surface area contributed by atoms with E-state index in [4.69, 9.17) is 18.9 Å². The van der Waals surface area contributed by atoms with E-state index in [0.717, 1.165) is 57.8 Å². The molecule has 2 heterocycles. The molecule has 0 aromatic heterocycles. The summed E-state index contributed by atoms with van der Waals surface area (Å²) in [4.78, 5) is 0. The van der Waals surface area contributed by atoms with Crippen molar-refractivity contribution in [2.24, 2.45) is 52.3 Å². The minimum atomic E-state index is -1.73. The molecule has 20 unspecified atom stereocenters. The fourth-order valence-electron chi connectivity index (χ4n) is 12.6. The van der Waals surface area contributed by atoms with Crippen LogP contribution in [0.1, 0.15) is 98.8 Å². The van der Waals surface area contributed by atoms with Crippen molar-refractivity contribution in [2.75, 3.05) is 19.8 Å². The Bertz CT molecular complexity index is 1270. The summed E-state index contributed by atoms with van der Waals surface area (Å²) >= 11 is 0. The van der Waals surface area contributed by atoms with Crippen LogP contribution >= 0.6 is 0 Å². The molecule has 54 heavy (non-hydrogen) atoms. The fraction of sp³-hybridized carbons (Fsp3) is 0.951. The summed E-state index contributed by atoms with van der Waals surface area (Å²) in [5.41, 5.74) is 1.23. The molecule has 0 aromatic carbocycles. The molecule has 13 heteroatoms. The van der Waals surface area contributed by atoms with Gasteiger partial charge in [0, 0.05) is 12.0 Å². The molecule has 4 saturated carbocycles. The lowest BCUT2D eigenvalue weighted by Gasteiger charge is -2.61. The minimum Gasteiger partial charge on any atom is -0.396 e. The van der Waals surface area contributed by atoms with Gasteiger partial charge in [0.25, 0.3) is 0 Å². The van der Waals surface area contributed by atoms with E-state index in [-0.39, 0.29) is 35.4 Å². The second-order valence-electron chi connectivity index (χ2n) is 18.5. The molecule has 13 nitrogen and oxygen atoms in total. The zero-order valence-corrected chi connectivity index (χ0v) is 32.9. The van der Waals surface area contributed by atoms with Crippen molar-refractivity contribution < 1.29 is 64.9 Å². The second kappa shape index (κ2) is 17.2. The molecule has 2 aliphatic heterocycles. The van der Waals surface area contributed by atoms with Gasteiger partial charge in [0.15, 0.2) is 12.6 Å². The Balaban J connectivity index is 1.14. The SMILES string of the molecule is CC=C(CCC(C)C1C(O)CC2C3CCC4CC(OC5OC(CO)C(O)C(O)C5OC5OC(CO)C(O)C(O)C5O)CCC4(C)C3CCC21CO)C(C)C. The summed E-state index contributed by atoms with van der Waals surface area (Å²) < 4.78 is 23.9. The van der Waals surface area contributed by atoms with Crippen molar-refractivity contribution >= 4 is 0 Å². The molecule has 4 aliphatic carbocycles. The first-order valence-corrected chi connectivity index (χ1v) is 20.8. The van der Waals surface area contributed by atoms with Gasteiger partial charge in [-0.25, -0.2) is 0 Å². The monoisotopic (exact) mass is 770 g/mol. The predicted octanol–water partition coefficient (Wildman–Crippen LogP) is 1.62. The summed E-state index contributed by atoms with van der Waals surface area (Å²) in [7, 11) is 0. The third-order valence-corrected chi connectivity index (χ3v) is 15.6. The maximum atomic E-state index is 11.7. The van der Waals surface area contributed by atoms with Crippen LogP contribution in [0.3, 0.4) is 0 Å². The number of fused-ring (bicyclic) bond motifs is 5. The molecule has 6 rings (SSSR count). The highest BCUT2D eigenvalue weighted by atomic mass is 16.8. The lowest BCUT2D eigenvalue weighted by atomic mass is 9.44. The van der Waals surface area contributed by atoms with E-state index < -0.39 is 80.7 Å². The molecule has 0 bridgehead atoms. The van der Waals surface area contributed by atoms with Crippen molar-refractivity contribution in [3.05, 3.63) is 11.6 Å². The Kier molecular flexibility index (Phi) is 13.6.